The zero-order chi connectivity index (χ0) is 12.5. The summed E-state index contributed by atoms with van der Waals surface area (Å²) in [5.74, 6) is -0.0760. The van der Waals surface area contributed by atoms with Gasteiger partial charge in [-0.15, -0.1) is 11.3 Å². The molecule has 0 radical (unpaired) electrons. The fraction of sp³-hybridized carbons (Fsp3) is 0.667. The maximum Gasteiger partial charge on any atom is 0.311 e. The summed E-state index contributed by atoms with van der Waals surface area (Å²) in [6.07, 6.45) is 1.78. The number of hydrogen-bond donors (Lipinski definition) is 1. The van der Waals surface area contributed by atoms with E-state index in [1.807, 2.05) is 26.2 Å². The van der Waals surface area contributed by atoms with Crippen LogP contribution in [-0.4, -0.2) is 29.6 Å². The van der Waals surface area contributed by atoms with Crippen molar-refractivity contribution in [3.05, 3.63) is 16.6 Å². The van der Waals surface area contributed by atoms with Gasteiger partial charge >= 0.3 is 5.97 Å². The van der Waals surface area contributed by atoms with Gasteiger partial charge in [-0.3, -0.25) is 4.79 Å². The Morgan fingerprint density at radius 2 is 2.29 bits per heavy atom. The second-order valence-corrected chi connectivity index (χ2v) is 6.20. The van der Waals surface area contributed by atoms with Crippen molar-refractivity contribution in [2.75, 3.05) is 13.1 Å². The minimum atomic E-state index is -0.424. The van der Waals surface area contributed by atoms with E-state index >= 15 is 0 Å². The van der Waals surface area contributed by atoms with Crippen LogP contribution < -0.4 is 5.32 Å². The molecular formula is C12H18N2O2S. The highest BCUT2D eigenvalue weighted by atomic mass is 32.1. The molecule has 1 aromatic heterocycles. The predicted molar refractivity (Wildman–Crippen MR) is 67.1 cm³/mol. The van der Waals surface area contributed by atoms with Gasteiger partial charge in [0.2, 0.25) is 0 Å². The average Bonchev–Trinajstić information content (AvgIpc) is 2.85. The van der Waals surface area contributed by atoms with Crippen LogP contribution in [0, 0.1) is 5.92 Å². The van der Waals surface area contributed by atoms with Crippen molar-refractivity contribution in [3.8, 4) is 0 Å². The Balaban J connectivity index is 2.07. The van der Waals surface area contributed by atoms with Crippen LogP contribution in [0.1, 0.15) is 31.7 Å². The Kier molecular flexibility index (Phi) is 3.49. The molecule has 0 spiro atoms. The molecule has 2 unspecified atom stereocenters. The second kappa shape index (κ2) is 4.74. The van der Waals surface area contributed by atoms with Crippen LogP contribution in [0.3, 0.4) is 0 Å². The number of ether oxygens (including phenoxy) is 1. The molecule has 1 aliphatic rings. The fourth-order valence-corrected chi connectivity index (χ4v) is 2.79. The van der Waals surface area contributed by atoms with E-state index in [1.54, 1.807) is 17.5 Å². The number of nitrogens with one attached hydrogen (secondary N) is 1. The molecule has 2 rings (SSSR count). The Bertz CT molecular complexity index is 384. The lowest BCUT2D eigenvalue weighted by atomic mass is 9.96. The smallest absolute Gasteiger partial charge is 0.311 e. The molecule has 1 N–H and O–H groups in total. The lowest BCUT2D eigenvalue weighted by Crippen LogP contribution is -2.31. The molecule has 5 heteroatoms. The quantitative estimate of drug-likeness (QED) is 0.818. The van der Waals surface area contributed by atoms with Gasteiger partial charge in [0, 0.05) is 30.6 Å². The molecule has 0 bridgehead atoms. The number of rotatable bonds is 2. The third-order valence-corrected chi connectivity index (χ3v) is 3.60. The van der Waals surface area contributed by atoms with Crippen molar-refractivity contribution in [2.24, 2.45) is 5.92 Å². The van der Waals surface area contributed by atoms with Gasteiger partial charge in [-0.05, 0) is 20.8 Å². The summed E-state index contributed by atoms with van der Waals surface area (Å²) in [7, 11) is 0. The molecule has 0 amide bonds. The zero-order valence-electron chi connectivity index (χ0n) is 10.4. The Morgan fingerprint density at radius 3 is 2.88 bits per heavy atom. The standard InChI is InChI=1S/C12H18N2O2S/c1-12(2,3)16-11(15)9-7-13-6-8(9)10-14-4-5-17-10/h4-5,8-9,13H,6-7H2,1-3H3. The number of thiazole rings is 1. The van der Waals surface area contributed by atoms with Gasteiger partial charge in [0.05, 0.1) is 10.9 Å². The first-order valence-corrected chi connectivity index (χ1v) is 6.68. The minimum Gasteiger partial charge on any atom is -0.460 e. The summed E-state index contributed by atoms with van der Waals surface area (Å²) in [6, 6.07) is 0. The number of carbonyl (C=O) groups excluding carboxylic acids is 1. The molecule has 2 atom stereocenters. The average molecular weight is 254 g/mol. The summed E-state index contributed by atoms with van der Waals surface area (Å²) in [5, 5.41) is 6.21. The predicted octanol–water partition coefficient (Wildman–Crippen LogP) is 1.79. The third kappa shape index (κ3) is 3.04. The Labute approximate surface area is 105 Å². The van der Waals surface area contributed by atoms with E-state index in [4.69, 9.17) is 4.74 Å². The molecule has 0 aliphatic carbocycles. The van der Waals surface area contributed by atoms with Gasteiger partial charge in [-0.2, -0.15) is 0 Å². The number of hydrogen-bond acceptors (Lipinski definition) is 5. The molecule has 17 heavy (non-hydrogen) atoms. The maximum absolute atomic E-state index is 12.1. The van der Waals surface area contributed by atoms with E-state index in [9.17, 15) is 4.79 Å². The fourth-order valence-electron chi connectivity index (χ4n) is 1.98. The summed E-state index contributed by atoms with van der Waals surface area (Å²) in [6.45, 7) is 7.17. The van der Waals surface area contributed by atoms with Gasteiger partial charge in [0.1, 0.15) is 5.60 Å². The van der Waals surface area contributed by atoms with Crippen LogP contribution in [0.15, 0.2) is 11.6 Å². The zero-order valence-corrected chi connectivity index (χ0v) is 11.2. The van der Waals surface area contributed by atoms with Crippen LogP contribution in [0.5, 0.6) is 0 Å². The summed E-state index contributed by atoms with van der Waals surface area (Å²) < 4.78 is 5.45. The van der Waals surface area contributed by atoms with Crippen molar-refractivity contribution in [2.45, 2.75) is 32.3 Å². The molecule has 1 fully saturated rings. The lowest BCUT2D eigenvalue weighted by Gasteiger charge is -2.23. The molecule has 4 nitrogen and oxygen atoms in total. The van der Waals surface area contributed by atoms with Crippen LogP contribution in [-0.2, 0) is 9.53 Å². The van der Waals surface area contributed by atoms with E-state index in [2.05, 4.69) is 10.3 Å². The minimum absolute atomic E-state index is 0.111. The van der Waals surface area contributed by atoms with Gasteiger partial charge < -0.3 is 10.1 Å². The van der Waals surface area contributed by atoms with Crippen molar-refractivity contribution < 1.29 is 9.53 Å². The highest BCUT2D eigenvalue weighted by molar-refractivity contribution is 7.09. The van der Waals surface area contributed by atoms with E-state index < -0.39 is 5.60 Å². The van der Waals surface area contributed by atoms with Crippen molar-refractivity contribution in [1.29, 1.82) is 0 Å². The molecule has 94 valence electrons. The number of nitrogens with zero attached hydrogens (tertiary/aromatic N) is 1. The van der Waals surface area contributed by atoms with Gasteiger partial charge in [-0.1, -0.05) is 0 Å². The van der Waals surface area contributed by atoms with Crippen molar-refractivity contribution in [1.82, 2.24) is 10.3 Å². The van der Waals surface area contributed by atoms with E-state index in [0.717, 1.165) is 11.6 Å². The molecule has 0 aromatic carbocycles. The van der Waals surface area contributed by atoms with Gasteiger partial charge in [0.25, 0.3) is 0 Å². The lowest BCUT2D eigenvalue weighted by molar-refractivity contribution is -0.159. The van der Waals surface area contributed by atoms with E-state index in [1.165, 1.54) is 0 Å². The molecule has 2 heterocycles. The highest BCUT2D eigenvalue weighted by Gasteiger charge is 2.38. The molecule has 1 aliphatic heterocycles. The first-order valence-electron chi connectivity index (χ1n) is 5.80. The van der Waals surface area contributed by atoms with Crippen LogP contribution in [0.25, 0.3) is 0 Å². The maximum atomic E-state index is 12.1. The summed E-state index contributed by atoms with van der Waals surface area (Å²) >= 11 is 1.60. The van der Waals surface area contributed by atoms with Crippen LogP contribution in [0.4, 0.5) is 0 Å². The van der Waals surface area contributed by atoms with Crippen LogP contribution in [0.2, 0.25) is 0 Å². The van der Waals surface area contributed by atoms with Gasteiger partial charge in [0.15, 0.2) is 0 Å². The molecule has 1 aromatic rings. The Morgan fingerprint density at radius 1 is 1.53 bits per heavy atom. The number of carbonyl (C=O) groups is 1. The first-order chi connectivity index (χ1) is 7.97. The monoisotopic (exact) mass is 254 g/mol. The topological polar surface area (TPSA) is 51.2 Å². The van der Waals surface area contributed by atoms with Crippen molar-refractivity contribution >= 4 is 17.3 Å². The van der Waals surface area contributed by atoms with Gasteiger partial charge in [-0.25, -0.2) is 4.98 Å². The third-order valence-electron chi connectivity index (χ3n) is 2.69. The highest BCUT2D eigenvalue weighted by Crippen LogP contribution is 2.31. The largest absolute Gasteiger partial charge is 0.460 e. The van der Waals surface area contributed by atoms with E-state index in [-0.39, 0.29) is 17.8 Å². The summed E-state index contributed by atoms with van der Waals surface area (Å²) in [4.78, 5) is 16.4. The number of aromatic nitrogens is 1. The number of esters is 1. The SMILES string of the molecule is CC(C)(C)OC(=O)C1CNCC1c1nccs1. The summed E-state index contributed by atoms with van der Waals surface area (Å²) in [5.41, 5.74) is -0.424. The van der Waals surface area contributed by atoms with Crippen LogP contribution >= 0.6 is 11.3 Å². The van der Waals surface area contributed by atoms with E-state index in [0.29, 0.717) is 6.54 Å². The molecular weight excluding hydrogens is 236 g/mol. The molecule has 0 saturated carbocycles. The normalized spacial score (nSPS) is 24.9. The first kappa shape index (κ1) is 12.5. The van der Waals surface area contributed by atoms with Crippen molar-refractivity contribution in [3.63, 3.8) is 0 Å². The molecule has 1 saturated heterocycles. The Hall–Kier alpha value is -0.940. The second-order valence-electron chi connectivity index (χ2n) is 5.28.